The Hall–Kier alpha value is -0.970. The lowest BCUT2D eigenvalue weighted by atomic mass is 10.2. The summed E-state index contributed by atoms with van der Waals surface area (Å²) in [6, 6.07) is 1.88. The Balaban J connectivity index is 2.18. The van der Waals surface area contributed by atoms with E-state index in [9.17, 15) is 4.79 Å². The number of methoxy groups -OCH3 is 1. The zero-order chi connectivity index (χ0) is 10.4. The van der Waals surface area contributed by atoms with Gasteiger partial charge >= 0.3 is 5.97 Å². The van der Waals surface area contributed by atoms with Crippen molar-refractivity contribution >= 4 is 17.7 Å². The molecular weight excluding hydrogens is 200 g/mol. The standard InChI is InChI=1S/C9H14N2O2S/c1-8(9(12)13-2)6-14-7-11-5-3-4-10-11/h3-5,8H,6-7H2,1-2H3. The molecule has 14 heavy (non-hydrogen) atoms. The maximum atomic E-state index is 11.0. The van der Waals surface area contributed by atoms with Gasteiger partial charge < -0.3 is 4.74 Å². The summed E-state index contributed by atoms with van der Waals surface area (Å²) in [6.07, 6.45) is 3.64. The van der Waals surface area contributed by atoms with Crippen LogP contribution in [0.1, 0.15) is 6.92 Å². The van der Waals surface area contributed by atoms with E-state index in [-0.39, 0.29) is 11.9 Å². The molecule has 1 heterocycles. The molecule has 0 N–H and O–H groups in total. The highest BCUT2D eigenvalue weighted by atomic mass is 32.2. The van der Waals surface area contributed by atoms with Crippen LogP contribution >= 0.6 is 11.8 Å². The first-order chi connectivity index (χ1) is 6.74. The number of rotatable bonds is 5. The monoisotopic (exact) mass is 214 g/mol. The fourth-order valence-corrected chi connectivity index (χ4v) is 1.90. The van der Waals surface area contributed by atoms with Crippen LogP contribution in [0.4, 0.5) is 0 Å². The third-order valence-corrected chi connectivity index (χ3v) is 2.94. The van der Waals surface area contributed by atoms with Crippen molar-refractivity contribution in [2.75, 3.05) is 12.9 Å². The molecule has 4 nitrogen and oxygen atoms in total. The van der Waals surface area contributed by atoms with Crippen LogP contribution in [-0.2, 0) is 15.4 Å². The predicted molar refractivity (Wildman–Crippen MR) is 55.9 cm³/mol. The normalized spacial score (nSPS) is 12.4. The number of hydrogen-bond donors (Lipinski definition) is 0. The van der Waals surface area contributed by atoms with Crippen molar-refractivity contribution in [3.8, 4) is 0 Å². The minimum Gasteiger partial charge on any atom is -0.469 e. The minimum atomic E-state index is -0.155. The van der Waals surface area contributed by atoms with Crippen LogP contribution in [0, 0.1) is 5.92 Å². The minimum absolute atomic E-state index is 0.0550. The number of carbonyl (C=O) groups excluding carboxylic acids is 1. The molecule has 0 aliphatic carbocycles. The first-order valence-corrected chi connectivity index (χ1v) is 5.52. The van der Waals surface area contributed by atoms with Crippen molar-refractivity contribution in [3.63, 3.8) is 0 Å². The fraction of sp³-hybridized carbons (Fsp3) is 0.556. The van der Waals surface area contributed by atoms with Crippen molar-refractivity contribution < 1.29 is 9.53 Å². The van der Waals surface area contributed by atoms with Gasteiger partial charge in [0.25, 0.3) is 0 Å². The highest BCUT2D eigenvalue weighted by Crippen LogP contribution is 2.11. The first-order valence-electron chi connectivity index (χ1n) is 4.37. The van der Waals surface area contributed by atoms with Gasteiger partial charge in [-0.25, -0.2) is 0 Å². The van der Waals surface area contributed by atoms with E-state index in [2.05, 4.69) is 9.84 Å². The topological polar surface area (TPSA) is 44.1 Å². The second kappa shape index (κ2) is 5.70. The van der Waals surface area contributed by atoms with Crippen molar-refractivity contribution in [3.05, 3.63) is 18.5 Å². The summed E-state index contributed by atoms with van der Waals surface area (Å²) in [5.74, 6) is 1.32. The molecule has 1 aromatic rings. The number of nitrogens with zero attached hydrogens (tertiary/aromatic N) is 2. The second-order valence-electron chi connectivity index (χ2n) is 2.97. The summed E-state index contributed by atoms with van der Waals surface area (Å²) in [5, 5.41) is 4.06. The number of thioether (sulfide) groups is 1. The molecule has 78 valence electrons. The van der Waals surface area contributed by atoms with E-state index in [0.29, 0.717) is 0 Å². The van der Waals surface area contributed by atoms with Gasteiger partial charge in [0.2, 0.25) is 0 Å². The highest BCUT2D eigenvalue weighted by Gasteiger charge is 2.12. The Bertz CT molecular complexity index is 274. The van der Waals surface area contributed by atoms with Gasteiger partial charge in [-0.2, -0.15) is 5.10 Å². The zero-order valence-corrected chi connectivity index (χ0v) is 9.16. The Morgan fingerprint density at radius 1 is 1.71 bits per heavy atom. The van der Waals surface area contributed by atoms with E-state index < -0.39 is 0 Å². The van der Waals surface area contributed by atoms with E-state index in [1.807, 2.05) is 23.9 Å². The van der Waals surface area contributed by atoms with Gasteiger partial charge in [-0.1, -0.05) is 6.92 Å². The van der Waals surface area contributed by atoms with E-state index in [4.69, 9.17) is 0 Å². The fourth-order valence-electron chi connectivity index (χ4n) is 0.969. The number of esters is 1. The van der Waals surface area contributed by atoms with Crippen LogP contribution in [0.2, 0.25) is 0 Å². The lowest BCUT2D eigenvalue weighted by Crippen LogP contribution is -2.15. The van der Waals surface area contributed by atoms with Crippen molar-refractivity contribution in [1.82, 2.24) is 9.78 Å². The third kappa shape index (κ3) is 3.41. The molecule has 1 rings (SSSR count). The first kappa shape index (κ1) is 11.1. The Labute approximate surface area is 87.6 Å². The zero-order valence-electron chi connectivity index (χ0n) is 8.34. The second-order valence-corrected chi connectivity index (χ2v) is 3.97. The average Bonchev–Trinajstić information content (AvgIpc) is 2.69. The van der Waals surface area contributed by atoms with E-state index in [1.165, 1.54) is 7.11 Å². The molecule has 0 amide bonds. The smallest absolute Gasteiger partial charge is 0.309 e. The summed E-state index contributed by atoms with van der Waals surface area (Å²) < 4.78 is 6.45. The van der Waals surface area contributed by atoms with Crippen LogP contribution in [0.25, 0.3) is 0 Å². The van der Waals surface area contributed by atoms with Crippen molar-refractivity contribution in [2.45, 2.75) is 12.8 Å². The molecular formula is C9H14N2O2S. The molecule has 1 atom stereocenters. The SMILES string of the molecule is COC(=O)C(C)CSCn1cccn1. The average molecular weight is 214 g/mol. The maximum absolute atomic E-state index is 11.0. The Morgan fingerprint density at radius 3 is 3.07 bits per heavy atom. The van der Waals surface area contributed by atoms with E-state index >= 15 is 0 Å². The summed E-state index contributed by atoms with van der Waals surface area (Å²) >= 11 is 1.66. The van der Waals surface area contributed by atoms with Gasteiger partial charge in [0.15, 0.2) is 0 Å². The van der Waals surface area contributed by atoms with Gasteiger partial charge in [-0.15, -0.1) is 11.8 Å². The number of hydrogen-bond acceptors (Lipinski definition) is 4. The summed E-state index contributed by atoms with van der Waals surface area (Å²) in [4.78, 5) is 11.0. The third-order valence-electron chi connectivity index (χ3n) is 1.75. The van der Waals surface area contributed by atoms with E-state index in [0.717, 1.165) is 11.6 Å². The van der Waals surface area contributed by atoms with Crippen molar-refractivity contribution in [2.24, 2.45) is 5.92 Å². The van der Waals surface area contributed by atoms with Gasteiger partial charge in [0, 0.05) is 18.1 Å². The van der Waals surface area contributed by atoms with Crippen LogP contribution in [0.5, 0.6) is 0 Å². The molecule has 0 radical (unpaired) electrons. The number of aromatic nitrogens is 2. The quantitative estimate of drug-likeness (QED) is 0.695. The van der Waals surface area contributed by atoms with Gasteiger partial charge in [0.05, 0.1) is 18.9 Å². The molecule has 0 fully saturated rings. The molecule has 0 saturated heterocycles. The molecule has 0 spiro atoms. The highest BCUT2D eigenvalue weighted by molar-refractivity contribution is 7.98. The van der Waals surface area contributed by atoms with Gasteiger partial charge in [-0.3, -0.25) is 9.48 Å². The van der Waals surface area contributed by atoms with E-state index in [1.54, 1.807) is 18.0 Å². The van der Waals surface area contributed by atoms with Gasteiger partial charge in [-0.05, 0) is 6.07 Å². The predicted octanol–water partition coefficient (Wildman–Crippen LogP) is 1.38. The Kier molecular flexibility index (Phi) is 4.52. The maximum Gasteiger partial charge on any atom is 0.309 e. The molecule has 0 bridgehead atoms. The number of ether oxygens (including phenoxy) is 1. The Morgan fingerprint density at radius 2 is 2.50 bits per heavy atom. The summed E-state index contributed by atoms with van der Waals surface area (Å²) in [5.41, 5.74) is 0. The van der Waals surface area contributed by atoms with Gasteiger partial charge in [0.1, 0.15) is 0 Å². The molecule has 0 aromatic carbocycles. The lowest BCUT2D eigenvalue weighted by Gasteiger charge is -2.08. The number of carbonyl (C=O) groups is 1. The van der Waals surface area contributed by atoms with Crippen LogP contribution in [0.15, 0.2) is 18.5 Å². The van der Waals surface area contributed by atoms with Crippen molar-refractivity contribution in [1.29, 1.82) is 0 Å². The lowest BCUT2D eigenvalue weighted by molar-refractivity contribution is -0.143. The van der Waals surface area contributed by atoms with Crippen LogP contribution in [-0.4, -0.2) is 28.6 Å². The summed E-state index contributed by atoms with van der Waals surface area (Å²) in [6.45, 7) is 1.86. The molecule has 5 heteroatoms. The molecule has 1 unspecified atom stereocenters. The largest absolute Gasteiger partial charge is 0.469 e. The van der Waals surface area contributed by atoms with Crippen LogP contribution < -0.4 is 0 Å². The molecule has 0 aliphatic heterocycles. The molecule has 0 aliphatic rings. The summed E-state index contributed by atoms with van der Waals surface area (Å²) in [7, 11) is 1.41. The molecule has 1 aromatic heterocycles. The van der Waals surface area contributed by atoms with Crippen LogP contribution in [0.3, 0.4) is 0 Å². The molecule has 0 saturated carbocycles.